The van der Waals surface area contributed by atoms with E-state index in [-0.39, 0.29) is 0 Å². The number of anilines is 1. The summed E-state index contributed by atoms with van der Waals surface area (Å²) in [6.45, 7) is 1.59. The van der Waals surface area contributed by atoms with Gasteiger partial charge in [0.1, 0.15) is 10.8 Å². The Morgan fingerprint density at radius 3 is 3.10 bits per heavy atom. The van der Waals surface area contributed by atoms with Crippen molar-refractivity contribution in [3.05, 3.63) is 41.6 Å². The van der Waals surface area contributed by atoms with Crippen molar-refractivity contribution in [2.45, 2.75) is 25.8 Å². The number of aromatic nitrogens is 3. The van der Waals surface area contributed by atoms with Gasteiger partial charge in [-0.1, -0.05) is 12.2 Å². The van der Waals surface area contributed by atoms with Crippen LogP contribution in [0.3, 0.4) is 0 Å². The number of nitrogens with one attached hydrogen (secondary N) is 1. The molecule has 1 aliphatic rings. The number of thiocarbonyl (C=S) groups is 1. The zero-order chi connectivity index (χ0) is 13.9. The summed E-state index contributed by atoms with van der Waals surface area (Å²) >= 11 is 5.13. The monoisotopic (exact) mass is 287 g/mol. The average molecular weight is 287 g/mol. The number of rotatable bonds is 5. The second-order valence-electron chi connectivity index (χ2n) is 4.94. The highest BCUT2D eigenvalue weighted by atomic mass is 32.1. The van der Waals surface area contributed by atoms with Gasteiger partial charge in [-0.3, -0.25) is 0 Å². The van der Waals surface area contributed by atoms with Crippen LogP contribution in [-0.2, 0) is 19.4 Å². The molecule has 2 aromatic heterocycles. The maximum absolute atomic E-state index is 5.81. The van der Waals surface area contributed by atoms with Crippen LogP contribution in [-0.4, -0.2) is 26.1 Å². The summed E-state index contributed by atoms with van der Waals surface area (Å²) in [5.74, 6) is 0.804. The van der Waals surface area contributed by atoms with Gasteiger partial charge in [-0.25, -0.2) is 9.97 Å². The molecule has 0 saturated heterocycles. The third-order valence-corrected chi connectivity index (χ3v) is 3.76. The van der Waals surface area contributed by atoms with Gasteiger partial charge in [0.2, 0.25) is 0 Å². The van der Waals surface area contributed by atoms with Crippen LogP contribution in [0.2, 0.25) is 0 Å². The van der Waals surface area contributed by atoms with Gasteiger partial charge in [0, 0.05) is 31.2 Å². The lowest BCUT2D eigenvalue weighted by Gasteiger charge is -2.13. The van der Waals surface area contributed by atoms with Crippen molar-refractivity contribution in [3.63, 3.8) is 0 Å². The van der Waals surface area contributed by atoms with E-state index < -0.39 is 0 Å². The van der Waals surface area contributed by atoms with Crippen LogP contribution in [0.15, 0.2) is 24.8 Å². The Balaban J connectivity index is 1.75. The van der Waals surface area contributed by atoms with E-state index in [2.05, 4.69) is 21.4 Å². The summed E-state index contributed by atoms with van der Waals surface area (Å²) in [6.07, 6.45) is 8.79. The molecule has 3 N–H and O–H groups in total. The first-order valence-corrected chi connectivity index (χ1v) is 7.17. The summed E-state index contributed by atoms with van der Waals surface area (Å²) in [6, 6.07) is 2.09. The van der Waals surface area contributed by atoms with Crippen molar-refractivity contribution >= 4 is 23.0 Å². The smallest absolute Gasteiger partial charge is 0.136 e. The molecule has 0 spiro atoms. The molecule has 1 aliphatic carbocycles. The second kappa shape index (κ2) is 5.58. The van der Waals surface area contributed by atoms with Crippen molar-refractivity contribution in [3.8, 4) is 0 Å². The Morgan fingerprint density at radius 1 is 1.45 bits per heavy atom. The van der Waals surface area contributed by atoms with E-state index in [4.69, 9.17) is 18.0 Å². The van der Waals surface area contributed by atoms with E-state index in [1.807, 2.05) is 10.8 Å². The second-order valence-corrected chi connectivity index (χ2v) is 5.38. The first-order chi connectivity index (χ1) is 9.74. The quantitative estimate of drug-likeness (QED) is 0.816. The number of pyridine rings is 1. The molecule has 3 rings (SSSR count). The molecule has 0 amide bonds. The van der Waals surface area contributed by atoms with Gasteiger partial charge in [-0.15, -0.1) is 0 Å². The zero-order valence-corrected chi connectivity index (χ0v) is 12.0. The Labute approximate surface area is 123 Å². The van der Waals surface area contributed by atoms with E-state index in [0.29, 0.717) is 4.99 Å². The number of nitrogens with two attached hydrogens (primary N) is 1. The molecule has 0 atom stereocenters. The summed E-state index contributed by atoms with van der Waals surface area (Å²) in [5, 5.41) is 3.34. The molecular weight excluding hydrogens is 270 g/mol. The van der Waals surface area contributed by atoms with Crippen LogP contribution in [0, 0.1) is 0 Å². The van der Waals surface area contributed by atoms with Crippen molar-refractivity contribution in [2.24, 2.45) is 5.73 Å². The normalized spacial score (nSPS) is 13.2. The van der Waals surface area contributed by atoms with Crippen LogP contribution in [0.4, 0.5) is 5.82 Å². The van der Waals surface area contributed by atoms with Gasteiger partial charge in [-0.2, -0.15) is 0 Å². The van der Waals surface area contributed by atoms with Crippen molar-refractivity contribution < 1.29 is 0 Å². The molecule has 2 aromatic rings. The van der Waals surface area contributed by atoms with Crippen LogP contribution in [0.25, 0.3) is 0 Å². The maximum Gasteiger partial charge on any atom is 0.136 e. The summed E-state index contributed by atoms with van der Waals surface area (Å²) in [7, 11) is 0. The number of nitrogens with zero attached hydrogens (tertiary/aromatic N) is 3. The molecule has 2 heterocycles. The molecule has 0 aromatic carbocycles. The highest BCUT2D eigenvalue weighted by Gasteiger charge is 2.17. The van der Waals surface area contributed by atoms with E-state index in [1.165, 1.54) is 11.3 Å². The van der Waals surface area contributed by atoms with Crippen LogP contribution < -0.4 is 11.1 Å². The highest BCUT2D eigenvalue weighted by Crippen LogP contribution is 2.25. The number of hydrogen-bond donors (Lipinski definition) is 2. The number of fused-ring (bicyclic) bond motifs is 1. The van der Waals surface area contributed by atoms with E-state index in [1.54, 1.807) is 12.5 Å². The molecule has 0 fully saturated rings. The van der Waals surface area contributed by atoms with Gasteiger partial charge in [-0.05, 0) is 30.9 Å². The number of hydrogen-bond acceptors (Lipinski definition) is 4. The fourth-order valence-corrected chi connectivity index (χ4v) is 2.67. The highest BCUT2D eigenvalue weighted by molar-refractivity contribution is 7.80. The molecule has 104 valence electrons. The third kappa shape index (κ3) is 2.65. The molecule has 0 aliphatic heterocycles. The molecule has 0 saturated carbocycles. The van der Waals surface area contributed by atoms with Crippen molar-refractivity contribution in [2.75, 3.05) is 11.9 Å². The molecular formula is C14H17N5S. The average Bonchev–Trinajstić information content (AvgIpc) is 3.07. The minimum Gasteiger partial charge on any atom is -0.389 e. The first kappa shape index (κ1) is 13.1. The van der Waals surface area contributed by atoms with Gasteiger partial charge in [0.25, 0.3) is 0 Å². The van der Waals surface area contributed by atoms with E-state index in [9.17, 15) is 0 Å². The molecule has 0 unspecified atom stereocenters. The van der Waals surface area contributed by atoms with Gasteiger partial charge < -0.3 is 15.6 Å². The first-order valence-electron chi connectivity index (χ1n) is 6.76. The Bertz CT molecular complexity index is 621. The predicted molar refractivity (Wildman–Crippen MR) is 82.9 cm³/mol. The Morgan fingerprint density at radius 2 is 2.35 bits per heavy atom. The maximum atomic E-state index is 5.81. The zero-order valence-electron chi connectivity index (χ0n) is 11.2. The molecule has 0 bridgehead atoms. The molecule has 0 radical (unpaired) electrons. The van der Waals surface area contributed by atoms with Crippen molar-refractivity contribution in [1.82, 2.24) is 14.5 Å². The Kier molecular flexibility index (Phi) is 3.64. The topological polar surface area (TPSA) is 68.8 Å². The summed E-state index contributed by atoms with van der Waals surface area (Å²) in [4.78, 5) is 9.11. The lowest BCUT2D eigenvalue weighted by molar-refractivity contribution is 0.725. The van der Waals surface area contributed by atoms with Crippen LogP contribution in [0.5, 0.6) is 0 Å². The number of aryl methyl sites for hydroxylation is 2. The minimum absolute atomic E-state index is 0.400. The van der Waals surface area contributed by atoms with E-state index >= 15 is 0 Å². The van der Waals surface area contributed by atoms with Gasteiger partial charge >= 0.3 is 0 Å². The fraction of sp³-hybridized carbons (Fsp3) is 0.357. The SMILES string of the molecule is NC(=S)c1cc2c(nc1NCCn1ccnc1)CCC2. The largest absolute Gasteiger partial charge is 0.389 e. The van der Waals surface area contributed by atoms with E-state index in [0.717, 1.165) is 43.7 Å². The van der Waals surface area contributed by atoms with Gasteiger partial charge in [0.05, 0.1) is 11.9 Å². The molecule has 20 heavy (non-hydrogen) atoms. The lowest BCUT2D eigenvalue weighted by atomic mass is 10.1. The Hall–Kier alpha value is -1.95. The van der Waals surface area contributed by atoms with Gasteiger partial charge in [0.15, 0.2) is 0 Å². The van der Waals surface area contributed by atoms with Crippen LogP contribution in [0.1, 0.15) is 23.2 Å². The molecule has 5 nitrogen and oxygen atoms in total. The summed E-state index contributed by atoms with van der Waals surface area (Å²) < 4.78 is 2.01. The van der Waals surface area contributed by atoms with Crippen LogP contribution >= 0.6 is 12.2 Å². The standard InChI is InChI=1S/C14H17N5S/c15-13(20)11-8-10-2-1-3-12(10)18-14(11)17-5-7-19-6-4-16-9-19/h4,6,8-9H,1-3,5,7H2,(H2,15,20)(H,17,18). The predicted octanol–water partition coefficient (Wildman–Crippen LogP) is 1.51. The summed E-state index contributed by atoms with van der Waals surface area (Å²) in [5.41, 5.74) is 9.13. The third-order valence-electron chi connectivity index (χ3n) is 3.54. The van der Waals surface area contributed by atoms with Crippen molar-refractivity contribution in [1.29, 1.82) is 0 Å². The lowest BCUT2D eigenvalue weighted by Crippen LogP contribution is -2.18. The number of imidazole rings is 1. The minimum atomic E-state index is 0.400. The fourth-order valence-electron chi connectivity index (χ4n) is 2.52. The molecule has 6 heteroatoms.